The second-order valence-corrected chi connectivity index (χ2v) is 7.10. The fourth-order valence-corrected chi connectivity index (χ4v) is 4.07. The van der Waals surface area contributed by atoms with E-state index in [1.54, 1.807) is 7.11 Å². The number of hydrogen-bond acceptors (Lipinski definition) is 3. The Morgan fingerprint density at radius 3 is 2.55 bits per heavy atom. The van der Waals surface area contributed by atoms with Crippen LogP contribution in [-0.4, -0.2) is 18.8 Å². The largest absolute Gasteiger partial charge is 0.497 e. The predicted molar refractivity (Wildman–Crippen MR) is 83.4 cm³/mol. The molecule has 0 aromatic heterocycles. The molecule has 22 heavy (non-hydrogen) atoms. The molecule has 4 heteroatoms. The van der Waals surface area contributed by atoms with Crippen LogP contribution in [0.3, 0.4) is 0 Å². The van der Waals surface area contributed by atoms with Gasteiger partial charge in [-0.05, 0) is 42.9 Å². The van der Waals surface area contributed by atoms with Crippen molar-refractivity contribution in [2.45, 2.75) is 39.7 Å². The number of fused-ring (bicyclic) bond motifs is 2. The van der Waals surface area contributed by atoms with Crippen LogP contribution in [0.1, 0.15) is 38.7 Å². The molecule has 2 fully saturated rings. The third kappa shape index (κ3) is 2.13. The van der Waals surface area contributed by atoms with Gasteiger partial charge in [0.25, 0.3) is 0 Å². The molecule has 0 heterocycles. The number of ether oxygens (including phenoxy) is 1. The number of nitrogens with one attached hydrogen (secondary N) is 1. The van der Waals surface area contributed by atoms with Crippen LogP contribution in [0.15, 0.2) is 24.3 Å². The van der Waals surface area contributed by atoms with E-state index in [1.165, 1.54) is 0 Å². The molecular weight excluding hydrogens is 278 g/mol. The van der Waals surface area contributed by atoms with E-state index < -0.39 is 5.41 Å². The van der Waals surface area contributed by atoms with Gasteiger partial charge in [-0.2, -0.15) is 0 Å². The summed E-state index contributed by atoms with van der Waals surface area (Å²) in [5.41, 5.74) is -0.124. The third-order valence-corrected chi connectivity index (χ3v) is 5.60. The lowest BCUT2D eigenvalue weighted by Crippen LogP contribution is -2.47. The van der Waals surface area contributed by atoms with Crippen LogP contribution in [-0.2, 0) is 16.1 Å². The van der Waals surface area contributed by atoms with Crippen molar-refractivity contribution in [1.29, 1.82) is 0 Å². The van der Waals surface area contributed by atoms with Crippen LogP contribution >= 0.6 is 0 Å². The number of benzene rings is 1. The third-order valence-electron chi connectivity index (χ3n) is 5.60. The van der Waals surface area contributed by atoms with Gasteiger partial charge in [0.1, 0.15) is 11.2 Å². The average Bonchev–Trinajstić information content (AvgIpc) is 3.05. The lowest BCUT2D eigenvalue weighted by molar-refractivity contribution is -0.145. The van der Waals surface area contributed by atoms with Crippen LogP contribution in [0, 0.1) is 16.7 Å². The van der Waals surface area contributed by atoms with Gasteiger partial charge in [0.2, 0.25) is 5.91 Å². The summed E-state index contributed by atoms with van der Waals surface area (Å²) in [5.74, 6) is 1.18. The zero-order valence-corrected chi connectivity index (χ0v) is 13.4. The Labute approximate surface area is 131 Å². The van der Waals surface area contributed by atoms with Crippen LogP contribution in [0.5, 0.6) is 5.75 Å². The molecule has 2 aliphatic rings. The zero-order chi connectivity index (χ0) is 16.0. The fourth-order valence-electron chi connectivity index (χ4n) is 4.07. The summed E-state index contributed by atoms with van der Waals surface area (Å²) >= 11 is 0. The van der Waals surface area contributed by atoms with Crippen LogP contribution in [0.4, 0.5) is 0 Å². The predicted octanol–water partition coefficient (Wildman–Crippen LogP) is 2.71. The Kier molecular flexibility index (Phi) is 3.50. The Morgan fingerprint density at radius 2 is 2.00 bits per heavy atom. The molecule has 0 spiro atoms. The summed E-state index contributed by atoms with van der Waals surface area (Å²) in [7, 11) is 1.62. The van der Waals surface area contributed by atoms with E-state index in [0.717, 1.165) is 17.7 Å². The van der Waals surface area contributed by atoms with Crippen LogP contribution < -0.4 is 10.1 Å². The van der Waals surface area contributed by atoms with Gasteiger partial charge in [0.05, 0.1) is 7.11 Å². The van der Waals surface area contributed by atoms with Crippen molar-refractivity contribution < 1.29 is 14.3 Å². The van der Waals surface area contributed by atoms with Gasteiger partial charge in [-0.15, -0.1) is 0 Å². The lowest BCUT2D eigenvalue weighted by atomic mass is 9.70. The molecule has 3 rings (SSSR count). The summed E-state index contributed by atoms with van der Waals surface area (Å²) in [5, 5.41) is 2.96. The van der Waals surface area contributed by atoms with Crippen molar-refractivity contribution in [1.82, 2.24) is 5.32 Å². The van der Waals surface area contributed by atoms with E-state index in [2.05, 4.69) is 5.32 Å². The van der Waals surface area contributed by atoms with E-state index in [-0.39, 0.29) is 17.1 Å². The van der Waals surface area contributed by atoms with Gasteiger partial charge in [0, 0.05) is 12.0 Å². The number of Topliss-reactive ketones (excluding diaryl/α,β-unsaturated/α-hetero) is 1. The Hall–Kier alpha value is -1.84. The van der Waals surface area contributed by atoms with Gasteiger partial charge in [-0.3, -0.25) is 9.59 Å². The van der Waals surface area contributed by atoms with E-state index in [9.17, 15) is 9.59 Å². The van der Waals surface area contributed by atoms with Gasteiger partial charge in [-0.1, -0.05) is 26.0 Å². The SMILES string of the molecule is COc1ccc(CNC(=O)[C@@]23CC[C@@H](C2)C(C)(C)C3=O)cc1. The number of amides is 1. The topological polar surface area (TPSA) is 55.4 Å². The second-order valence-electron chi connectivity index (χ2n) is 7.10. The molecule has 0 radical (unpaired) electrons. The van der Waals surface area contributed by atoms with E-state index >= 15 is 0 Å². The Morgan fingerprint density at radius 1 is 1.32 bits per heavy atom. The molecule has 1 aromatic rings. The molecule has 2 bridgehead atoms. The first-order chi connectivity index (χ1) is 10.4. The molecule has 1 aromatic carbocycles. The molecule has 0 aliphatic heterocycles. The maximum atomic E-state index is 12.7. The quantitative estimate of drug-likeness (QED) is 0.870. The van der Waals surface area contributed by atoms with E-state index in [1.807, 2.05) is 38.1 Å². The van der Waals surface area contributed by atoms with Gasteiger partial charge in [-0.25, -0.2) is 0 Å². The summed E-state index contributed by atoms with van der Waals surface area (Å²) < 4.78 is 5.12. The first-order valence-corrected chi connectivity index (χ1v) is 7.86. The molecule has 1 N–H and O–H groups in total. The molecule has 0 unspecified atom stereocenters. The molecule has 0 saturated heterocycles. The van der Waals surface area contributed by atoms with Crippen molar-refractivity contribution in [2.75, 3.05) is 7.11 Å². The minimum Gasteiger partial charge on any atom is -0.497 e. The van der Waals surface area contributed by atoms with Crippen LogP contribution in [0.25, 0.3) is 0 Å². The highest BCUT2D eigenvalue weighted by Crippen LogP contribution is 2.60. The summed E-state index contributed by atoms with van der Waals surface area (Å²) in [6, 6.07) is 7.59. The van der Waals surface area contributed by atoms with Gasteiger partial charge >= 0.3 is 0 Å². The lowest BCUT2D eigenvalue weighted by Gasteiger charge is -2.32. The molecule has 2 atom stereocenters. The first kappa shape index (κ1) is 15.1. The minimum atomic E-state index is -0.777. The van der Waals surface area contributed by atoms with Crippen molar-refractivity contribution >= 4 is 11.7 Å². The summed E-state index contributed by atoms with van der Waals surface area (Å²) in [4.78, 5) is 25.3. The summed E-state index contributed by atoms with van der Waals surface area (Å²) in [6.07, 6.45) is 2.40. The molecule has 118 valence electrons. The highest BCUT2D eigenvalue weighted by molar-refractivity contribution is 6.10. The number of hydrogen-bond donors (Lipinski definition) is 1. The highest BCUT2D eigenvalue weighted by atomic mass is 16.5. The number of rotatable bonds is 4. The molecule has 2 aliphatic carbocycles. The maximum Gasteiger partial charge on any atom is 0.233 e. The van der Waals surface area contributed by atoms with E-state index in [0.29, 0.717) is 25.3 Å². The number of methoxy groups -OCH3 is 1. The molecular formula is C18H23NO3. The van der Waals surface area contributed by atoms with E-state index in [4.69, 9.17) is 4.74 Å². The average molecular weight is 301 g/mol. The first-order valence-electron chi connectivity index (χ1n) is 7.86. The van der Waals surface area contributed by atoms with Crippen molar-refractivity contribution in [2.24, 2.45) is 16.7 Å². The molecule has 2 saturated carbocycles. The van der Waals surface area contributed by atoms with Crippen LogP contribution in [0.2, 0.25) is 0 Å². The zero-order valence-electron chi connectivity index (χ0n) is 13.4. The molecule has 4 nitrogen and oxygen atoms in total. The number of ketones is 1. The standard InChI is InChI=1S/C18H23NO3/c1-17(2)13-8-9-18(10-13,15(17)20)16(21)19-11-12-4-6-14(22-3)7-5-12/h4-7,13H,8-11H2,1-3H3,(H,19,21)/t13-,18-/m0/s1. The summed E-state index contributed by atoms with van der Waals surface area (Å²) in [6.45, 7) is 4.41. The monoisotopic (exact) mass is 301 g/mol. The Balaban J connectivity index is 1.68. The van der Waals surface area contributed by atoms with Gasteiger partial charge in [0.15, 0.2) is 5.78 Å². The molecule has 1 amide bonds. The van der Waals surface area contributed by atoms with Crippen molar-refractivity contribution in [3.8, 4) is 5.75 Å². The fraction of sp³-hybridized carbons (Fsp3) is 0.556. The van der Waals surface area contributed by atoms with Crippen molar-refractivity contribution in [3.63, 3.8) is 0 Å². The van der Waals surface area contributed by atoms with Crippen molar-refractivity contribution in [3.05, 3.63) is 29.8 Å². The Bertz CT molecular complexity index is 605. The maximum absolute atomic E-state index is 12.7. The minimum absolute atomic E-state index is 0.0959. The number of carbonyl (C=O) groups is 2. The normalized spacial score (nSPS) is 28.7. The highest BCUT2D eigenvalue weighted by Gasteiger charge is 2.64. The smallest absolute Gasteiger partial charge is 0.233 e. The number of carbonyl (C=O) groups excluding carboxylic acids is 2. The van der Waals surface area contributed by atoms with Gasteiger partial charge < -0.3 is 10.1 Å². The second kappa shape index (κ2) is 5.11.